The molecule has 0 bridgehead atoms. The van der Waals surface area contributed by atoms with E-state index in [1.165, 1.54) is 62.5 Å². The van der Waals surface area contributed by atoms with Crippen LogP contribution in [0.4, 0.5) is 17.1 Å². The van der Waals surface area contributed by atoms with Crippen molar-refractivity contribution in [3.8, 4) is 0 Å². The Morgan fingerprint density at radius 3 is 1.92 bits per heavy atom. The van der Waals surface area contributed by atoms with Crippen molar-refractivity contribution in [2.24, 2.45) is 0 Å². The molecule has 8 rings (SSSR count). The van der Waals surface area contributed by atoms with E-state index in [1.807, 2.05) is 22.7 Å². The minimum Gasteiger partial charge on any atom is -0.309 e. The van der Waals surface area contributed by atoms with Crippen LogP contribution < -0.4 is 4.90 Å². The predicted molar refractivity (Wildman–Crippen MR) is 164 cm³/mol. The van der Waals surface area contributed by atoms with Gasteiger partial charge in [0.05, 0.1) is 10.4 Å². The van der Waals surface area contributed by atoms with Gasteiger partial charge in [0, 0.05) is 47.0 Å². The van der Waals surface area contributed by atoms with Gasteiger partial charge in [-0.25, -0.2) is 0 Å². The molecule has 0 aliphatic carbocycles. The fourth-order valence-electron chi connectivity index (χ4n) is 5.58. The third-order valence-electron chi connectivity index (χ3n) is 7.23. The first-order chi connectivity index (χ1) is 18.3. The summed E-state index contributed by atoms with van der Waals surface area (Å²) < 4.78 is 5.29. The molecule has 0 radical (unpaired) electrons. The molecule has 37 heavy (non-hydrogen) atoms. The minimum atomic E-state index is 1.16. The monoisotopic (exact) mass is 507 g/mol. The number of nitrogens with zero attached hydrogens (tertiary/aromatic N) is 1. The van der Waals surface area contributed by atoms with E-state index in [-0.39, 0.29) is 0 Å². The molecule has 0 fully saturated rings. The van der Waals surface area contributed by atoms with Crippen molar-refractivity contribution >= 4 is 90.9 Å². The highest BCUT2D eigenvalue weighted by molar-refractivity contribution is 7.26. The van der Waals surface area contributed by atoms with Crippen LogP contribution in [0.5, 0.6) is 0 Å². The third-order valence-corrected chi connectivity index (χ3v) is 9.55. The largest absolute Gasteiger partial charge is 0.309 e. The van der Waals surface area contributed by atoms with Gasteiger partial charge in [0.2, 0.25) is 0 Å². The quantitative estimate of drug-likeness (QED) is 0.230. The second-order valence-electron chi connectivity index (χ2n) is 9.37. The number of hydrogen-bond donors (Lipinski definition) is 0. The van der Waals surface area contributed by atoms with Crippen LogP contribution in [0.15, 0.2) is 127 Å². The molecule has 0 aliphatic heterocycles. The van der Waals surface area contributed by atoms with Crippen molar-refractivity contribution in [3.05, 3.63) is 127 Å². The van der Waals surface area contributed by atoms with Gasteiger partial charge >= 0.3 is 0 Å². The van der Waals surface area contributed by atoms with Crippen molar-refractivity contribution in [3.63, 3.8) is 0 Å². The molecule has 0 saturated heterocycles. The highest BCUT2D eigenvalue weighted by Crippen LogP contribution is 2.48. The summed E-state index contributed by atoms with van der Waals surface area (Å²) in [4.78, 5) is 2.44. The fourth-order valence-corrected chi connectivity index (χ4v) is 7.94. The Bertz CT molecular complexity index is 2100. The highest BCUT2D eigenvalue weighted by atomic mass is 32.1. The maximum absolute atomic E-state index is 2.44. The molecular weight excluding hydrogens is 487 g/mol. The molecule has 174 valence electrons. The summed E-state index contributed by atoms with van der Waals surface area (Å²) in [6, 6.07) is 46.4. The average molecular weight is 508 g/mol. The van der Waals surface area contributed by atoms with Crippen LogP contribution in [0.3, 0.4) is 0 Å². The number of hydrogen-bond acceptors (Lipinski definition) is 3. The number of benzene rings is 6. The molecule has 8 aromatic rings. The van der Waals surface area contributed by atoms with Crippen LogP contribution in [-0.2, 0) is 0 Å². The third kappa shape index (κ3) is 3.21. The van der Waals surface area contributed by atoms with Gasteiger partial charge < -0.3 is 4.90 Å². The first-order valence-electron chi connectivity index (χ1n) is 12.4. The maximum Gasteiger partial charge on any atom is 0.0646 e. The lowest BCUT2D eigenvalue weighted by molar-refractivity contribution is 1.31. The molecule has 0 amide bonds. The number of fused-ring (bicyclic) bond motifs is 8. The zero-order valence-electron chi connectivity index (χ0n) is 19.9. The molecule has 2 heterocycles. The molecular formula is C34H21NS2. The topological polar surface area (TPSA) is 3.24 Å². The molecule has 0 saturated carbocycles. The van der Waals surface area contributed by atoms with Crippen molar-refractivity contribution in [2.45, 2.75) is 0 Å². The molecule has 3 heteroatoms. The zero-order valence-corrected chi connectivity index (χ0v) is 21.5. The lowest BCUT2D eigenvalue weighted by atomic mass is 10.0. The summed E-state index contributed by atoms with van der Waals surface area (Å²) in [5.74, 6) is 0. The van der Waals surface area contributed by atoms with Gasteiger partial charge in [0.15, 0.2) is 0 Å². The Morgan fingerprint density at radius 2 is 1.08 bits per heavy atom. The lowest BCUT2D eigenvalue weighted by Crippen LogP contribution is -2.10. The molecule has 0 spiro atoms. The Labute approximate surface area is 222 Å². The van der Waals surface area contributed by atoms with Crippen LogP contribution in [0.25, 0.3) is 51.1 Å². The molecule has 0 unspecified atom stereocenters. The molecule has 1 nitrogen and oxygen atoms in total. The van der Waals surface area contributed by atoms with Gasteiger partial charge in [-0.3, -0.25) is 0 Å². The van der Waals surface area contributed by atoms with Crippen LogP contribution in [0.1, 0.15) is 0 Å². The normalized spacial score (nSPS) is 11.8. The van der Waals surface area contributed by atoms with Crippen LogP contribution in [0.2, 0.25) is 0 Å². The SMILES string of the molecule is c1ccc(N(c2ccc3c(c2)sc2ccccc23)c2cc3ccccc3c3c2sc2ccccc23)cc1. The standard InChI is InChI=1S/C34H21NS2/c1-2-11-23(12-3-1)35(24-18-19-27-26-14-6-8-16-30(26)36-32(27)21-24)29-20-22-10-4-5-13-25(22)33-28-15-7-9-17-31(28)37-34(29)33/h1-21H. The number of thiophene rings is 2. The van der Waals surface area contributed by atoms with E-state index in [4.69, 9.17) is 0 Å². The Kier molecular flexibility index (Phi) is 4.63. The molecule has 0 aliphatic rings. The van der Waals surface area contributed by atoms with Gasteiger partial charge in [-0.05, 0) is 53.2 Å². The van der Waals surface area contributed by atoms with E-state index in [9.17, 15) is 0 Å². The minimum absolute atomic E-state index is 1.16. The Balaban J connectivity index is 1.47. The summed E-state index contributed by atoms with van der Waals surface area (Å²) in [6.45, 7) is 0. The van der Waals surface area contributed by atoms with E-state index in [1.54, 1.807) is 0 Å². The highest BCUT2D eigenvalue weighted by Gasteiger charge is 2.20. The second-order valence-corrected chi connectivity index (χ2v) is 11.5. The first-order valence-corrected chi connectivity index (χ1v) is 14.1. The Hall–Kier alpha value is -4.18. The fraction of sp³-hybridized carbons (Fsp3) is 0. The summed E-state index contributed by atoms with van der Waals surface area (Å²) in [5.41, 5.74) is 3.57. The van der Waals surface area contributed by atoms with Crippen molar-refractivity contribution in [2.75, 3.05) is 4.90 Å². The maximum atomic E-state index is 2.44. The summed E-state index contributed by atoms with van der Waals surface area (Å²) >= 11 is 3.76. The number of rotatable bonds is 3. The summed E-state index contributed by atoms with van der Waals surface area (Å²) in [5, 5.41) is 7.90. The second kappa shape index (κ2) is 8.17. The summed E-state index contributed by atoms with van der Waals surface area (Å²) in [7, 11) is 0. The van der Waals surface area contributed by atoms with E-state index in [2.05, 4.69) is 132 Å². The summed E-state index contributed by atoms with van der Waals surface area (Å²) in [6.07, 6.45) is 0. The van der Waals surface area contributed by atoms with Crippen molar-refractivity contribution in [1.82, 2.24) is 0 Å². The van der Waals surface area contributed by atoms with Crippen LogP contribution in [-0.4, -0.2) is 0 Å². The van der Waals surface area contributed by atoms with E-state index in [0.717, 1.165) is 5.69 Å². The van der Waals surface area contributed by atoms with Gasteiger partial charge in [0.1, 0.15) is 0 Å². The van der Waals surface area contributed by atoms with E-state index in [0.29, 0.717) is 0 Å². The van der Waals surface area contributed by atoms with Gasteiger partial charge in [-0.2, -0.15) is 0 Å². The van der Waals surface area contributed by atoms with Crippen molar-refractivity contribution < 1.29 is 0 Å². The predicted octanol–water partition coefficient (Wildman–Crippen LogP) is 11.0. The van der Waals surface area contributed by atoms with Crippen molar-refractivity contribution in [1.29, 1.82) is 0 Å². The molecule has 0 atom stereocenters. The molecule has 6 aromatic carbocycles. The van der Waals surface area contributed by atoms with Crippen LogP contribution in [0, 0.1) is 0 Å². The lowest BCUT2D eigenvalue weighted by Gasteiger charge is -2.26. The van der Waals surface area contributed by atoms with Gasteiger partial charge in [0.25, 0.3) is 0 Å². The number of para-hydroxylation sites is 1. The number of anilines is 3. The van der Waals surface area contributed by atoms with E-state index < -0.39 is 0 Å². The molecule has 2 aromatic heterocycles. The average Bonchev–Trinajstić information content (AvgIpc) is 3.53. The van der Waals surface area contributed by atoms with Gasteiger partial charge in [-0.1, -0.05) is 84.9 Å². The zero-order chi connectivity index (χ0) is 24.3. The first kappa shape index (κ1) is 21.0. The Morgan fingerprint density at radius 1 is 0.432 bits per heavy atom. The smallest absolute Gasteiger partial charge is 0.0646 e. The van der Waals surface area contributed by atoms with Gasteiger partial charge in [-0.15, -0.1) is 22.7 Å². The molecule has 0 N–H and O–H groups in total. The van der Waals surface area contributed by atoms with E-state index >= 15 is 0 Å². The van der Waals surface area contributed by atoms with Crippen LogP contribution >= 0.6 is 22.7 Å².